The van der Waals surface area contributed by atoms with Gasteiger partial charge in [-0.05, 0) is 67.6 Å². The number of phenols is 1. The van der Waals surface area contributed by atoms with Crippen LogP contribution in [0.5, 0.6) is 11.5 Å². The first-order valence-electron chi connectivity index (χ1n) is 13.1. The molecule has 0 spiro atoms. The van der Waals surface area contributed by atoms with Gasteiger partial charge in [0.25, 0.3) is 0 Å². The fraction of sp³-hybridized carbons (Fsp3) is 0.367. The summed E-state index contributed by atoms with van der Waals surface area (Å²) in [6.45, 7) is 3.89. The van der Waals surface area contributed by atoms with Crippen LogP contribution in [0.2, 0.25) is 0 Å². The molecule has 0 aliphatic heterocycles. The molecule has 0 bridgehead atoms. The van der Waals surface area contributed by atoms with Crippen molar-refractivity contribution in [1.29, 1.82) is 0 Å². The van der Waals surface area contributed by atoms with E-state index in [0.717, 1.165) is 79.2 Å². The standard InChI is InChI=1S/C30H36N2O4S/c33-26-15-14-25(29-28(26)32-30(34)37-29)16-19-31-18-8-1-2-9-20-35-21-17-24-12-6-7-13-27(24)36-22-23-10-4-3-5-11-23/h3-7,10-15,31,33H,1-2,8-9,16-22H2,(H,32,34). The molecule has 0 aliphatic carbocycles. The van der Waals surface area contributed by atoms with Crippen LogP contribution in [0.1, 0.15) is 42.4 Å². The summed E-state index contributed by atoms with van der Waals surface area (Å²) in [5.74, 6) is 1.06. The molecule has 37 heavy (non-hydrogen) atoms. The summed E-state index contributed by atoms with van der Waals surface area (Å²) in [7, 11) is 0. The normalized spacial score (nSPS) is 11.2. The Labute approximate surface area is 222 Å². The molecule has 1 heterocycles. The van der Waals surface area contributed by atoms with Crippen LogP contribution in [0.3, 0.4) is 0 Å². The Balaban J connectivity index is 1.02. The number of hydrogen-bond donors (Lipinski definition) is 3. The second-order valence-corrected chi connectivity index (χ2v) is 10.1. The summed E-state index contributed by atoms with van der Waals surface area (Å²) < 4.78 is 12.8. The Hall–Kier alpha value is -3.13. The molecule has 3 N–H and O–H groups in total. The van der Waals surface area contributed by atoms with Crippen LogP contribution in [-0.4, -0.2) is 36.4 Å². The number of aromatic nitrogens is 1. The quantitative estimate of drug-likeness (QED) is 0.162. The number of benzene rings is 3. The average Bonchev–Trinajstić information content (AvgIpc) is 3.33. The third kappa shape index (κ3) is 8.45. The molecular weight excluding hydrogens is 484 g/mol. The Morgan fingerprint density at radius 2 is 1.62 bits per heavy atom. The first kappa shape index (κ1) is 26.9. The topological polar surface area (TPSA) is 83.6 Å². The van der Waals surface area contributed by atoms with E-state index in [9.17, 15) is 9.90 Å². The zero-order valence-electron chi connectivity index (χ0n) is 21.2. The lowest BCUT2D eigenvalue weighted by Crippen LogP contribution is -2.18. The molecule has 0 saturated heterocycles. The van der Waals surface area contributed by atoms with E-state index in [2.05, 4.69) is 28.5 Å². The first-order chi connectivity index (χ1) is 18.2. The van der Waals surface area contributed by atoms with Crippen molar-refractivity contribution in [3.8, 4) is 11.5 Å². The highest BCUT2D eigenvalue weighted by atomic mass is 32.1. The van der Waals surface area contributed by atoms with Gasteiger partial charge in [0, 0.05) is 6.61 Å². The van der Waals surface area contributed by atoms with Gasteiger partial charge in [0.2, 0.25) is 0 Å². The zero-order chi connectivity index (χ0) is 25.7. The summed E-state index contributed by atoms with van der Waals surface area (Å²) in [4.78, 5) is 14.2. The van der Waals surface area contributed by atoms with Crippen LogP contribution in [0.4, 0.5) is 0 Å². The maximum Gasteiger partial charge on any atom is 0.305 e. The number of rotatable bonds is 16. The Morgan fingerprint density at radius 3 is 2.51 bits per heavy atom. The van der Waals surface area contributed by atoms with Gasteiger partial charge in [0.05, 0.1) is 11.3 Å². The minimum atomic E-state index is -0.132. The van der Waals surface area contributed by atoms with E-state index in [1.54, 1.807) is 6.07 Å². The molecule has 0 amide bonds. The highest BCUT2D eigenvalue weighted by Crippen LogP contribution is 2.27. The van der Waals surface area contributed by atoms with Crippen molar-refractivity contribution in [3.63, 3.8) is 0 Å². The van der Waals surface area contributed by atoms with Crippen LogP contribution < -0.4 is 14.9 Å². The number of fused-ring (bicyclic) bond motifs is 1. The highest BCUT2D eigenvalue weighted by molar-refractivity contribution is 7.16. The molecule has 0 fully saturated rings. The number of aromatic hydroxyl groups is 1. The maximum absolute atomic E-state index is 11.6. The van der Waals surface area contributed by atoms with E-state index in [1.807, 2.05) is 42.5 Å². The molecular formula is C30H36N2O4S. The number of hydrogen-bond acceptors (Lipinski definition) is 6. The Morgan fingerprint density at radius 1 is 0.811 bits per heavy atom. The fourth-order valence-electron chi connectivity index (χ4n) is 4.30. The van der Waals surface area contributed by atoms with Gasteiger partial charge >= 0.3 is 4.87 Å². The van der Waals surface area contributed by atoms with Gasteiger partial charge < -0.3 is 24.9 Å². The number of unbranched alkanes of at least 4 members (excludes halogenated alkanes) is 3. The number of aromatic amines is 1. The average molecular weight is 521 g/mol. The molecule has 1 aromatic heterocycles. The zero-order valence-corrected chi connectivity index (χ0v) is 22.0. The number of thiazole rings is 1. The number of nitrogens with one attached hydrogen (secondary N) is 2. The predicted molar refractivity (Wildman–Crippen MR) is 151 cm³/mol. The molecule has 6 nitrogen and oxygen atoms in total. The van der Waals surface area contributed by atoms with Crippen LogP contribution in [0.15, 0.2) is 71.5 Å². The van der Waals surface area contributed by atoms with E-state index in [-0.39, 0.29) is 10.6 Å². The fourth-order valence-corrected chi connectivity index (χ4v) is 5.19. The largest absolute Gasteiger partial charge is 0.506 e. The van der Waals surface area contributed by atoms with Gasteiger partial charge in [-0.1, -0.05) is 78.8 Å². The van der Waals surface area contributed by atoms with Crippen LogP contribution >= 0.6 is 11.3 Å². The van der Waals surface area contributed by atoms with Gasteiger partial charge in [-0.15, -0.1) is 0 Å². The third-order valence-electron chi connectivity index (χ3n) is 6.33. The number of para-hydroxylation sites is 1. The van der Waals surface area contributed by atoms with Crippen molar-refractivity contribution in [1.82, 2.24) is 10.3 Å². The summed E-state index contributed by atoms with van der Waals surface area (Å²) in [5, 5.41) is 13.4. The van der Waals surface area contributed by atoms with Crippen molar-refractivity contribution >= 4 is 21.6 Å². The first-order valence-corrected chi connectivity index (χ1v) is 13.9. The summed E-state index contributed by atoms with van der Waals surface area (Å²) >= 11 is 1.16. The lowest BCUT2D eigenvalue weighted by Gasteiger charge is -2.12. The molecule has 0 radical (unpaired) electrons. The number of H-pyrrole nitrogens is 1. The molecule has 0 saturated carbocycles. The van der Waals surface area contributed by atoms with Crippen LogP contribution in [0, 0.1) is 0 Å². The van der Waals surface area contributed by atoms with Crippen molar-refractivity contribution in [2.75, 3.05) is 26.3 Å². The Bertz CT molecular complexity index is 1290. The molecule has 196 valence electrons. The van der Waals surface area contributed by atoms with E-state index in [1.165, 1.54) is 17.5 Å². The van der Waals surface area contributed by atoms with E-state index >= 15 is 0 Å². The minimum absolute atomic E-state index is 0.131. The summed E-state index contributed by atoms with van der Waals surface area (Å²) in [6, 6.07) is 22.0. The lowest BCUT2D eigenvalue weighted by atomic mass is 10.1. The molecule has 0 atom stereocenters. The minimum Gasteiger partial charge on any atom is -0.506 e. The van der Waals surface area contributed by atoms with Gasteiger partial charge in [-0.2, -0.15) is 0 Å². The molecule has 4 aromatic rings. The molecule has 3 aromatic carbocycles. The van der Waals surface area contributed by atoms with E-state index in [4.69, 9.17) is 9.47 Å². The van der Waals surface area contributed by atoms with E-state index < -0.39 is 0 Å². The van der Waals surface area contributed by atoms with Crippen LogP contribution in [-0.2, 0) is 24.2 Å². The number of ether oxygens (including phenoxy) is 2. The number of phenolic OH excluding ortho intramolecular Hbond substituents is 1. The second-order valence-electron chi connectivity index (χ2n) is 9.12. The monoisotopic (exact) mass is 520 g/mol. The summed E-state index contributed by atoms with van der Waals surface area (Å²) in [5.41, 5.74) is 3.99. The maximum atomic E-state index is 11.6. The predicted octanol–water partition coefficient (Wildman–Crippen LogP) is 5.83. The highest BCUT2D eigenvalue weighted by Gasteiger charge is 2.09. The molecule has 0 aliphatic rings. The third-order valence-corrected chi connectivity index (χ3v) is 7.29. The molecule has 7 heteroatoms. The van der Waals surface area contributed by atoms with Gasteiger partial charge in [0.15, 0.2) is 0 Å². The van der Waals surface area contributed by atoms with Crippen molar-refractivity contribution < 1.29 is 14.6 Å². The van der Waals surface area contributed by atoms with Crippen molar-refractivity contribution in [2.24, 2.45) is 0 Å². The molecule has 4 rings (SSSR count). The smallest absolute Gasteiger partial charge is 0.305 e. The van der Waals surface area contributed by atoms with Crippen molar-refractivity contribution in [2.45, 2.75) is 45.1 Å². The Kier molecular flexibility index (Phi) is 10.6. The van der Waals surface area contributed by atoms with E-state index in [0.29, 0.717) is 18.7 Å². The van der Waals surface area contributed by atoms with Crippen molar-refractivity contribution in [3.05, 3.63) is 93.1 Å². The summed E-state index contributed by atoms with van der Waals surface area (Å²) in [6.07, 6.45) is 6.23. The molecule has 0 unspecified atom stereocenters. The SMILES string of the molecule is O=c1[nH]c2c(O)ccc(CCNCCCCCCOCCc3ccccc3OCc3ccccc3)c2s1. The lowest BCUT2D eigenvalue weighted by molar-refractivity contribution is 0.132. The van der Waals surface area contributed by atoms with Gasteiger partial charge in [0.1, 0.15) is 23.6 Å². The second kappa shape index (κ2) is 14.6. The van der Waals surface area contributed by atoms with Crippen LogP contribution in [0.25, 0.3) is 10.2 Å². The van der Waals surface area contributed by atoms with Gasteiger partial charge in [-0.25, -0.2) is 0 Å². The van der Waals surface area contributed by atoms with Gasteiger partial charge in [-0.3, -0.25) is 4.79 Å².